The summed E-state index contributed by atoms with van der Waals surface area (Å²) in [5.74, 6) is 0.00795. The molecule has 0 atom stereocenters. The number of carbonyl (C=O) groups excluding carboxylic acids is 1. The molecular formula is C19H22N4OS. The Labute approximate surface area is 151 Å². The van der Waals surface area contributed by atoms with Gasteiger partial charge in [-0.2, -0.15) is 5.10 Å². The van der Waals surface area contributed by atoms with Crippen LogP contribution in [-0.4, -0.2) is 32.1 Å². The molecule has 1 amide bonds. The molecule has 0 spiro atoms. The monoisotopic (exact) mass is 354 g/mol. The van der Waals surface area contributed by atoms with Gasteiger partial charge in [0.25, 0.3) is 5.91 Å². The van der Waals surface area contributed by atoms with Crippen molar-refractivity contribution in [1.29, 1.82) is 0 Å². The van der Waals surface area contributed by atoms with Gasteiger partial charge >= 0.3 is 0 Å². The fourth-order valence-corrected chi connectivity index (χ4v) is 3.41. The summed E-state index contributed by atoms with van der Waals surface area (Å²) in [6, 6.07) is 12.1. The third kappa shape index (κ3) is 4.33. The predicted molar refractivity (Wildman–Crippen MR) is 99.6 cm³/mol. The lowest BCUT2D eigenvalue weighted by Gasteiger charge is -2.22. The molecule has 0 bridgehead atoms. The van der Waals surface area contributed by atoms with Gasteiger partial charge in [0, 0.05) is 24.7 Å². The number of thiazole rings is 1. The maximum absolute atomic E-state index is 13.1. The summed E-state index contributed by atoms with van der Waals surface area (Å²) in [5.41, 5.74) is 2.73. The van der Waals surface area contributed by atoms with Crippen LogP contribution in [0.25, 0.3) is 0 Å². The highest BCUT2D eigenvalue weighted by Gasteiger charge is 2.21. The van der Waals surface area contributed by atoms with Crippen LogP contribution in [0.5, 0.6) is 0 Å². The topological polar surface area (TPSA) is 51.0 Å². The number of benzene rings is 1. The summed E-state index contributed by atoms with van der Waals surface area (Å²) in [6.45, 7) is 5.77. The first-order valence-corrected chi connectivity index (χ1v) is 9.31. The van der Waals surface area contributed by atoms with Crippen LogP contribution in [0, 0.1) is 6.92 Å². The maximum atomic E-state index is 13.1. The summed E-state index contributed by atoms with van der Waals surface area (Å²) < 4.78 is 1.77. The van der Waals surface area contributed by atoms with Crippen LogP contribution >= 0.6 is 11.3 Å². The van der Waals surface area contributed by atoms with Crippen LogP contribution in [0.3, 0.4) is 0 Å². The average molecular weight is 354 g/mol. The zero-order valence-electron chi connectivity index (χ0n) is 14.6. The fraction of sp³-hybridized carbons (Fsp3) is 0.316. The molecule has 25 heavy (non-hydrogen) atoms. The second-order valence-corrected chi connectivity index (χ2v) is 6.85. The molecule has 2 aromatic heterocycles. The lowest BCUT2D eigenvalue weighted by atomic mass is 10.1. The zero-order valence-corrected chi connectivity index (χ0v) is 15.4. The molecule has 0 aliphatic rings. The number of amides is 1. The molecule has 3 aromatic rings. The van der Waals surface area contributed by atoms with E-state index in [9.17, 15) is 4.79 Å². The van der Waals surface area contributed by atoms with Crippen molar-refractivity contribution in [3.05, 3.63) is 69.9 Å². The first-order chi connectivity index (χ1) is 12.2. The third-order valence-electron chi connectivity index (χ3n) is 4.03. The number of nitrogens with zero attached hydrogens (tertiary/aromatic N) is 4. The van der Waals surface area contributed by atoms with E-state index in [1.165, 1.54) is 5.56 Å². The lowest BCUT2D eigenvalue weighted by Crippen LogP contribution is -2.34. The van der Waals surface area contributed by atoms with Crippen LogP contribution in [0.2, 0.25) is 0 Å². The Bertz CT molecular complexity index is 811. The van der Waals surface area contributed by atoms with E-state index in [0.717, 1.165) is 17.1 Å². The van der Waals surface area contributed by atoms with E-state index in [0.29, 0.717) is 25.3 Å². The van der Waals surface area contributed by atoms with E-state index >= 15 is 0 Å². The molecule has 1 aromatic carbocycles. The maximum Gasteiger partial charge on any atom is 0.272 e. The number of hydrogen-bond donors (Lipinski definition) is 0. The first-order valence-electron chi connectivity index (χ1n) is 8.43. The van der Waals surface area contributed by atoms with Gasteiger partial charge in [-0.15, -0.1) is 11.3 Å². The van der Waals surface area contributed by atoms with Crippen molar-refractivity contribution in [2.24, 2.45) is 0 Å². The summed E-state index contributed by atoms with van der Waals surface area (Å²) >= 11 is 1.57. The van der Waals surface area contributed by atoms with Crippen LogP contribution in [-0.2, 0) is 19.5 Å². The Morgan fingerprint density at radius 3 is 2.76 bits per heavy atom. The van der Waals surface area contributed by atoms with Gasteiger partial charge in [0.15, 0.2) is 0 Å². The molecule has 0 radical (unpaired) electrons. The van der Waals surface area contributed by atoms with Crippen LogP contribution in [0.1, 0.15) is 33.7 Å². The Morgan fingerprint density at radius 1 is 1.28 bits per heavy atom. The van der Waals surface area contributed by atoms with Crippen LogP contribution < -0.4 is 0 Å². The van der Waals surface area contributed by atoms with Crippen molar-refractivity contribution in [3.8, 4) is 0 Å². The molecule has 0 saturated heterocycles. The Balaban J connectivity index is 1.80. The SMILES string of the molecule is CCn1nc(C)cc1C(=O)N(CCc1ccccc1)Cc1nccs1. The predicted octanol–water partition coefficient (Wildman–Crippen LogP) is 3.55. The van der Waals surface area contributed by atoms with Gasteiger partial charge in [-0.1, -0.05) is 30.3 Å². The van der Waals surface area contributed by atoms with E-state index in [2.05, 4.69) is 22.2 Å². The second-order valence-electron chi connectivity index (χ2n) is 5.87. The summed E-state index contributed by atoms with van der Waals surface area (Å²) in [7, 11) is 0. The molecule has 3 rings (SSSR count). The summed E-state index contributed by atoms with van der Waals surface area (Å²) in [5, 5.41) is 7.29. The number of carbonyl (C=O) groups is 1. The minimum atomic E-state index is 0.00795. The first kappa shape index (κ1) is 17.4. The van der Waals surface area contributed by atoms with Gasteiger partial charge in [0.2, 0.25) is 0 Å². The number of aromatic nitrogens is 3. The molecule has 6 heteroatoms. The summed E-state index contributed by atoms with van der Waals surface area (Å²) in [4.78, 5) is 19.3. The number of aryl methyl sites for hydroxylation is 2. The molecule has 0 N–H and O–H groups in total. The highest BCUT2D eigenvalue weighted by Crippen LogP contribution is 2.14. The largest absolute Gasteiger partial charge is 0.330 e. The van der Waals surface area contributed by atoms with E-state index in [1.54, 1.807) is 22.2 Å². The molecule has 0 fully saturated rings. The molecule has 2 heterocycles. The smallest absolute Gasteiger partial charge is 0.272 e. The Hall–Kier alpha value is -2.47. The highest BCUT2D eigenvalue weighted by molar-refractivity contribution is 7.09. The van der Waals surface area contributed by atoms with Crippen LogP contribution in [0.4, 0.5) is 0 Å². The van der Waals surface area contributed by atoms with Gasteiger partial charge < -0.3 is 4.90 Å². The van der Waals surface area contributed by atoms with Crippen molar-refractivity contribution in [2.75, 3.05) is 6.54 Å². The molecule has 0 aliphatic heterocycles. The quantitative estimate of drug-likeness (QED) is 0.652. The Morgan fingerprint density at radius 2 is 2.08 bits per heavy atom. The average Bonchev–Trinajstić information content (AvgIpc) is 3.28. The summed E-state index contributed by atoms with van der Waals surface area (Å²) in [6.07, 6.45) is 2.59. The zero-order chi connectivity index (χ0) is 17.6. The van der Waals surface area contributed by atoms with E-state index < -0.39 is 0 Å². The third-order valence-corrected chi connectivity index (χ3v) is 4.80. The number of rotatable bonds is 7. The molecule has 130 valence electrons. The standard InChI is InChI=1S/C19H22N4OS/c1-3-23-17(13-15(2)21-23)19(24)22(14-18-20-10-12-25-18)11-9-16-7-5-4-6-8-16/h4-8,10,12-13H,3,9,11,14H2,1-2H3. The Kier molecular flexibility index (Phi) is 5.60. The minimum absolute atomic E-state index is 0.00795. The molecule has 0 aliphatic carbocycles. The normalized spacial score (nSPS) is 10.8. The van der Waals surface area contributed by atoms with Gasteiger partial charge in [0.1, 0.15) is 10.7 Å². The van der Waals surface area contributed by atoms with E-state index in [-0.39, 0.29) is 5.91 Å². The minimum Gasteiger partial charge on any atom is -0.330 e. The molecule has 5 nitrogen and oxygen atoms in total. The van der Waals surface area contributed by atoms with E-state index in [4.69, 9.17) is 0 Å². The van der Waals surface area contributed by atoms with Gasteiger partial charge in [-0.25, -0.2) is 4.98 Å². The molecule has 0 saturated carbocycles. The fourth-order valence-electron chi connectivity index (χ4n) is 2.78. The van der Waals surface area contributed by atoms with E-state index in [1.807, 2.05) is 48.4 Å². The van der Waals surface area contributed by atoms with Gasteiger partial charge in [-0.05, 0) is 31.9 Å². The molecule has 0 unspecified atom stereocenters. The second kappa shape index (κ2) is 8.07. The van der Waals surface area contributed by atoms with Crippen molar-refractivity contribution < 1.29 is 4.79 Å². The van der Waals surface area contributed by atoms with Crippen molar-refractivity contribution in [3.63, 3.8) is 0 Å². The molecular weight excluding hydrogens is 332 g/mol. The van der Waals surface area contributed by atoms with Gasteiger partial charge in [0.05, 0.1) is 12.2 Å². The van der Waals surface area contributed by atoms with Crippen molar-refractivity contribution in [1.82, 2.24) is 19.7 Å². The lowest BCUT2D eigenvalue weighted by molar-refractivity contribution is 0.0732. The van der Waals surface area contributed by atoms with Crippen molar-refractivity contribution >= 4 is 17.2 Å². The van der Waals surface area contributed by atoms with Gasteiger partial charge in [-0.3, -0.25) is 9.48 Å². The number of hydrogen-bond acceptors (Lipinski definition) is 4. The highest BCUT2D eigenvalue weighted by atomic mass is 32.1. The van der Waals surface area contributed by atoms with Crippen LogP contribution in [0.15, 0.2) is 48.0 Å². The van der Waals surface area contributed by atoms with Crippen molar-refractivity contribution in [2.45, 2.75) is 33.4 Å².